The molecule has 0 aromatic rings. The first-order valence-corrected chi connectivity index (χ1v) is 9.99. The van der Waals surface area contributed by atoms with E-state index in [9.17, 15) is 14.2 Å². The van der Waals surface area contributed by atoms with Crippen LogP contribution in [0, 0.1) is 5.41 Å². The maximum atomic E-state index is 13.1. The Morgan fingerprint density at radius 1 is 0.917 bits per heavy atom. The second-order valence-corrected chi connectivity index (χ2v) is 8.17. The van der Waals surface area contributed by atoms with Gasteiger partial charge in [-0.2, -0.15) is 0 Å². The Balaban J connectivity index is 5.48. The molecule has 24 heavy (non-hydrogen) atoms. The van der Waals surface area contributed by atoms with Crippen molar-refractivity contribution in [1.29, 1.82) is 0 Å². The molecular weight excluding hydrogens is 335 g/mol. The molecule has 0 aliphatic carbocycles. The van der Waals surface area contributed by atoms with Crippen molar-refractivity contribution in [3.63, 3.8) is 0 Å². The van der Waals surface area contributed by atoms with Crippen LogP contribution in [0.15, 0.2) is 0 Å². The molecule has 0 amide bonds. The molecule has 8 heteroatoms. The summed E-state index contributed by atoms with van der Waals surface area (Å²) in [5, 5.41) is 0. The van der Waals surface area contributed by atoms with Gasteiger partial charge in [0.05, 0.1) is 43.9 Å². The molecule has 142 valence electrons. The normalized spacial score (nSPS) is 13.4. The minimum absolute atomic E-state index is 0.127. The van der Waals surface area contributed by atoms with Crippen molar-refractivity contribution in [2.24, 2.45) is 5.41 Å². The molecule has 0 aromatic carbocycles. The summed E-state index contributed by atoms with van der Waals surface area (Å²) < 4.78 is 33.9. The average molecular weight is 366 g/mol. The van der Waals surface area contributed by atoms with Crippen LogP contribution in [0.25, 0.3) is 0 Å². The second kappa shape index (κ2) is 10.9. The van der Waals surface area contributed by atoms with Crippen molar-refractivity contribution in [3.05, 3.63) is 0 Å². The fourth-order valence-electron chi connectivity index (χ4n) is 2.31. The molecule has 1 unspecified atom stereocenters. The van der Waals surface area contributed by atoms with Crippen LogP contribution < -0.4 is 0 Å². The summed E-state index contributed by atoms with van der Waals surface area (Å²) in [7, 11) is -3.57. The Morgan fingerprint density at radius 3 is 1.83 bits per heavy atom. The lowest BCUT2D eigenvalue weighted by Gasteiger charge is -2.31. The summed E-state index contributed by atoms with van der Waals surface area (Å²) in [5.74, 6) is -0.916. The van der Waals surface area contributed by atoms with E-state index in [4.69, 9.17) is 18.5 Å². The van der Waals surface area contributed by atoms with Crippen molar-refractivity contribution in [1.82, 2.24) is 0 Å². The monoisotopic (exact) mass is 366 g/mol. The van der Waals surface area contributed by atoms with Crippen LogP contribution in [-0.2, 0) is 32.7 Å². The third kappa shape index (κ3) is 7.32. The average Bonchev–Trinajstić information content (AvgIpc) is 2.47. The summed E-state index contributed by atoms with van der Waals surface area (Å²) in [6.07, 6.45) is -0.0180. The first-order chi connectivity index (χ1) is 11.2. The molecule has 0 bridgehead atoms. The fourth-order valence-corrected chi connectivity index (χ4v) is 4.58. The van der Waals surface area contributed by atoms with Crippen LogP contribution in [0.1, 0.15) is 54.4 Å². The molecule has 0 spiro atoms. The zero-order chi connectivity index (χ0) is 18.8. The van der Waals surface area contributed by atoms with Crippen LogP contribution in [0.5, 0.6) is 0 Å². The molecule has 0 aliphatic heterocycles. The first kappa shape index (κ1) is 23.1. The molecule has 0 saturated carbocycles. The lowest BCUT2D eigenvalue weighted by molar-refractivity contribution is -0.154. The number of hydrogen-bond acceptors (Lipinski definition) is 7. The number of ether oxygens (including phenoxy) is 2. The minimum atomic E-state index is -3.57. The molecule has 0 N–H and O–H groups in total. The highest BCUT2D eigenvalue weighted by atomic mass is 31.2. The summed E-state index contributed by atoms with van der Waals surface area (Å²) in [6.45, 7) is 11.0. The molecule has 0 aromatic heterocycles. The molecular formula is C16H31O7P. The Hall–Kier alpha value is -0.910. The second-order valence-electron chi connectivity index (χ2n) is 5.85. The van der Waals surface area contributed by atoms with Crippen molar-refractivity contribution in [3.8, 4) is 0 Å². The van der Waals surface area contributed by atoms with Crippen LogP contribution in [0.2, 0.25) is 0 Å². The van der Waals surface area contributed by atoms with Gasteiger partial charge in [-0.1, -0.05) is 0 Å². The van der Waals surface area contributed by atoms with Gasteiger partial charge in [0.15, 0.2) is 0 Å². The van der Waals surface area contributed by atoms with E-state index in [-0.39, 0.29) is 39.3 Å². The van der Waals surface area contributed by atoms with Crippen LogP contribution in [0.3, 0.4) is 0 Å². The molecule has 0 heterocycles. The van der Waals surface area contributed by atoms with Gasteiger partial charge in [-0.3, -0.25) is 14.2 Å². The van der Waals surface area contributed by atoms with E-state index in [1.807, 2.05) is 0 Å². The van der Waals surface area contributed by atoms with Gasteiger partial charge < -0.3 is 18.5 Å². The van der Waals surface area contributed by atoms with Crippen molar-refractivity contribution >= 4 is 19.5 Å². The summed E-state index contributed by atoms with van der Waals surface area (Å²) in [4.78, 5) is 24.1. The van der Waals surface area contributed by atoms with Crippen LogP contribution in [-0.4, -0.2) is 44.0 Å². The van der Waals surface area contributed by atoms with Crippen LogP contribution >= 0.6 is 7.60 Å². The van der Waals surface area contributed by atoms with Crippen molar-refractivity contribution < 1.29 is 32.7 Å². The molecule has 0 rings (SSSR count). The molecule has 0 radical (unpaired) electrons. The van der Waals surface area contributed by atoms with Gasteiger partial charge >= 0.3 is 19.5 Å². The van der Waals surface area contributed by atoms with Gasteiger partial charge in [0.25, 0.3) is 0 Å². The summed E-state index contributed by atoms with van der Waals surface area (Å²) in [5.41, 5.74) is -1.72. The summed E-state index contributed by atoms with van der Waals surface area (Å²) in [6, 6.07) is 0. The van der Waals surface area contributed by atoms with Gasteiger partial charge in [-0.25, -0.2) is 0 Å². The molecule has 0 saturated heterocycles. The SMILES string of the molecule is CCOC(=O)CC(CC(C)(C)C(=O)OCC)P(=O)(OCC)OCC. The van der Waals surface area contributed by atoms with E-state index in [1.54, 1.807) is 41.5 Å². The number of carbonyl (C=O) groups is 2. The van der Waals surface area contributed by atoms with Gasteiger partial charge in [-0.15, -0.1) is 0 Å². The zero-order valence-corrected chi connectivity index (χ0v) is 16.5. The van der Waals surface area contributed by atoms with E-state index in [0.717, 1.165) is 0 Å². The molecule has 7 nitrogen and oxygen atoms in total. The Labute approximate surface area is 144 Å². The summed E-state index contributed by atoms with van der Waals surface area (Å²) >= 11 is 0. The smallest absolute Gasteiger partial charge is 0.334 e. The highest BCUT2D eigenvalue weighted by molar-refractivity contribution is 7.54. The third-order valence-electron chi connectivity index (χ3n) is 3.35. The number of esters is 2. The topological polar surface area (TPSA) is 88.1 Å². The molecule has 1 atom stereocenters. The van der Waals surface area contributed by atoms with E-state index in [2.05, 4.69) is 0 Å². The van der Waals surface area contributed by atoms with Crippen molar-refractivity contribution in [2.75, 3.05) is 26.4 Å². The van der Waals surface area contributed by atoms with Gasteiger partial charge in [0, 0.05) is 0 Å². The molecule has 0 fully saturated rings. The standard InChI is InChI=1S/C16H31O7P/c1-7-20-14(17)11-13(24(19,22-9-3)23-10-4)12-16(5,6)15(18)21-8-2/h13H,7-12H2,1-6H3. The Kier molecular flexibility index (Phi) is 10.4. The van der Waals surface area contributed by atoms with Gasteiger partial charge in [0.2, 0.25) is 0 Å². The number of hydrogen-bond donors (Lipinski definition) is 0. The van der Waals surface area contributed by atoms with E-state index >= 15 is 0 Å². The maximum Gasteiger partial charge on any atom is 0.334 e. The van der Waals surface area contributed by atoms with Crippen molar-refractivity contribution in [2.45, 2.75) is 60.0 Å². The highest BCUT2D eigenvalue weighted by Gasteiger charge is 2.43. The Bertz CT molecular complexity index is 438. The Morgan fingerprint density at radius 2 is 1.42 bits per heavy atom. The van der Waals surface area contributed by atoms with Gasteiger partial charge in [-0.05, 0) is 48.0 Å². The van der Waals surface area contributed by atoms with E-state index in [1.165, 1.54) is 0 Å². The maximum absolute atomic E-state index is 13.1. The minimum Gasteiger partial charge on any atom is -0.466 e. The van der Waals surface area contributed by atoms with E-state index < -0.39 is 30.6 Å². The van der Waals surface area contributed by atoms with Gasteiger partial charge in [0.1, 0.15) is 0 Å². The first-order valence-electron chi connectivity index (χ1n) is 8.38. The van der Waals surface area contributed by atoms with E-state index in [0.29, 0.717) is 0 Å². The number of rotatable bonds is 12. The highest BCUT2D eigenvalue weighted by Crippen LogP contribution is 2.57. The predicted molar refractivity (Wildman–Crippen MR) is 90.9 cm³/mol. The largest absolute Gasteiger partial charge is 0.466 e. The number of carbonyl (C=O) groups excluding carboxylic acids is 2. The lowest BCUT2D eigenvalue weighted by atomic mass is 9.87. The zero-order valence-electron chi connectivity index (χ0n) is 15.6. The van der Waals surface area contributed by atoms with Crippen LogP contribution in [0.4, 0.5) is 0 Å². The quantitative estimate of drug-likeness (QED) is 0.385. The lowest BCUT2D eigenvalue weighted by Crippen LogP contribution is -2.33. The third-order valence-corrected chi connectivity index (χ3v) is 5.84. The molecule has 0 aliphatic rings. The fraction of sp³-hybridized carbons (Fsp3) is 0.875. The predicted octanol–water partition coefficient (Wildman–Crippen LogP) is 3.55.